The normalized spacial score (nSPS) is 11.6. The summed E-state index contributed by atoms with van der Waals surface area (Å²) in [4.78, 5) is 24.2. The van der Waals surface area contributed by atoms with Crippen LogP contribution in [-0.2, 0) is 14.8 Å². The van der Waals surface area contributed by atoms with Crippen LogP contribution < -0.4 is 14.9 Å². The lowest BCUT2D eigenvalue weighted by Gasteiger charge is -2.21. The van der Waals surface area contributed by atoms with E-state index in [1.54, 1.807) is 12.1 Å². The van der Waals surface area contributed by atoms with Gasteiger partial charge >= 0.3 is 0 Å². The largest absolute Gasteiger partial charge is 0.350 e. The van der Waals surface area contributed by atoms with Crippen LogP contribution in [0.4, 0.5) is 5.69 Å². The van der Waals surface area contributed by atoms with E-state index < -0.39 is 21.5 Å². The van der Waals surface area contributed by atoms with E-state index in [4.69, 9.17) is 0 Å². The summed E-state index contributed by atoms with van der Waals surface area (Å²) in [5.41, 5.74) is 1.29. The first-order chi connectivity index (χ1) is 13.4. The highest BCUT2D eigenvalue weighted by Gasteiger charge is 2.22. The average Bonchev–Trinajstić information content (AvgIpc) is 2.65. The van der Waals surface area contributed by atoms with Crippen molar-refractivity contribution in [2.24, 2.45) is 0 Å². The van der Waals surface area contributed by atoms with E-state index in [1.165, 1.54) is 35.6 Å². The molecule has 2 rings (SSSR count). The molecule has 0 aliphatic heterocycles. The van der Waals surface area contributed by atoms with Crippen molar-refractivity contribution in [1.29, 1.82) is 0 Å². The molecule has 0 radical (unpaired) electrons. The molecule has 0 fully saturated rings. The van der Waals surface area contributed by atoms with Gasteiger partial charge in [0.15, 0.2) is 0 Å². The Morgan fingerprint density at radius 2 is 1.66 bits per heavy atom. The zero-order chi connectivity index (χ0) is 21.8. The number of sulfonamides is 1. The van der Waals surface area contributed by atoms with Gasteiger partial charge in [0, 0.05) is 18.2 Å². The monoisotopic (exact) mass is 417 g/mol. The average molecular weight is 418 g/mol. The number of carbonyl (C=O) groups excluding carboxylic acids is 2. The second-order valence-electron chi connectivity index (χ2n) is 7.82. The van der Waals surface area contributed by atoms with E-state index >= 15 is 0 Å². The van der Waals surface area contributed by atoms with Crippen molar-refractivity contribution in [2.45, 2.75) is 38.1 Å². The first-order valence-electron chi connectivity index (χ1n) is 9.15. The van der Waals surface area contributed by atoms with Crippen LogP contribution in [0.5, 0.6) is 0 Å². The number of aryl methyl sites for hydroxylation is 1. The third-order valence-electron chi connectivity index (χ3n) is 4.08. The predicted octanol–water partition coefficient (Wildman–Crippen LogP) is 2.46. The summed E-state index contributed by atoms with van der Waals surface area (Å²) < 4.78 is 27.1. The molecule has 0 saturated heterocycles. The minimum Gasteiger partial charge on any atom is -0.350 e. The van der Waals surface area contributed by atoms with Crippen LogP contribution in [0.2, 0.25) is 0 Å². The van der Waals surface area contributed by atoms with Crippen molar-refractivity contribution < 1.29 is 18.0 Å². The molecule has 7 nitrogen and oxygen atoms in total. The lowest BCUT2D eigenvalue weighted by Crippen LogP contribution is -2.45. The molecule has 2 aromatic carbocycles. The zero-order valence-electron chi connectivity index (χ0n) is 17.3. The molecule has 2 amide bonds. The Balaban J connectivity index is 2.16. The Bertz CT molecular complexity index is 993. The maximum absolute atomic E-state index is 12.9. The molecule has 2 N–H and O–H groups in total. The molecule has 2 aromatic rings. The summed E-state index contributed by atoms with van der Waals surface area (Å²) in [6, 6.07) is 12.8. The maximum Gasteiger partial charge on any atom is 0.264 e. The number of nitrogens with zero attached hydrogens (tertiary/aromatic N) is 1. The maximum atomic E-state index is 12.9. The van der Waals surface area contributed by atoms with E-state index in [1.807, 2.05) is 39.8 Å². The summed E-state index contributed by atoms with van der Waals surface area (Å²) in [7, 11) is -2.38. The molecule has 29 heavy (non-hydrogen) atoms. The molecule has 0 heterocycles. The van der Waals surface area contributed by atoms with Gasteiger partial charge in [0.05, 0.1) is 17.1 Å². The number of hydrogen-bond donors (Lipinski definition) is 2. The Morgan fingerprint density at radius 1 is 1.03 bits per heavy atom. The summed E-state index contributed by atoms with van der Waals surface area (Å²) in [6.45, 7) is 7.24. The highest BCUT2D eigenvalue weighted by molar-refractivity contribution is 7.92. The zero-order valence-corrected chi connectivity index (χ0v) is 18.1. The summed E-state index contributed by atoms with van der Waals surface area (Å²) in [5, 5.41) is 5.25. The SMILES string of the molecule is Cc1ccc(N(C)S(=O)(=O)c2cccc(C(=O)NCC(=O)NC(C)(C)C)c2)cc1. The molecule has 0 bridgehead atoms. The minimum atomic E-state index is -3.84. The third kappa shape index (κ3) is 6.05. The Kier molecular flexibility index (Phi) is 6.69. The summed E-state index contributed by atoms with van der Waals surface area (Å²) in [5.74, 6) is -0.849. The second kappa shape index (κ2) is 8.65. The molecule has 0 aromatic heterocycles. The number of carbonyl (C=O) groups is 2. The first-order valence-corrected chi connectivity index (χ1v) is 10.6. The standard InChI is InChI=1S/C21H27N3O4S/c1-15-9-11-17(12-10-15)24(5)29(27,28)18-8-6-7-16(13-18)20(26)22-14-19(25)23-21(2,3)4/h6-13H,14H2,1-5H3,(H,22,26)(H,23,25). The molecular weight excluding hydrogens is 390 g/mol. The van der Waals surface area contributed by atoms with Gasteiger partial charge in [-0.2, -0.15) is 0 Å². The summed E-state index contributed by atoms with van der Waals surface area (Å²) >= 11 is 0. The number of benzene rings is 2. The Morgan fingerprint density at radius 3 is 2.24 bits per heavy atom. The Labute approximate surface area is 172 Å². The molecule has 0 aliphatic carbocycles. The van der Waals surface area contributed by atoms with Gasteiger partial charge in [-0.25, -0.2) is 8.42 Å². The van der Waals surface area contributed by atoms with Crippen molar-refractivity contribution in [3.63, 3.8) is 0 Å². The molecule has 0 spiro atoms. The minimum absolute atomic E-state index is 0.00707. The van der Waals surface area contributed by atoms with Gasteiger partial charge in [-0.05, 0) is 58.0 Å². The van der Waals surface area contributed by atoms with Crippen molar-refractivity contribution in [2.75, 3.05) is 17.9 Å². The van der Waals surface area contributed by atoms with Crippen LogP contribution in [0.3, 0.4) is 0 Å². The van der Waals surface area contributed by atoms with Gasteiger partial charge in [-0.1, -0.05) is 23.8 Å². The van der Waals surface area contributed by atoms with Crippen LogP contribution in [0, 0.1) is 6.92 Å². The van der Waals surface area contributed by atoms with Crippen LogP contribution >= 0.6 is 0 Å². The third-order valence-corrected chi connectivity index (χ3v) is 5.86. The van der Waals surface area contributed by atoms with Gasteiger partial charge in [-0.15, -0.1) is 0 Å². The summed E-state index contributed by atoms with van der Waals surface area (Å²) in [6.07, 6.45) is 0. The number of amides is 2. The fourth-order valence-corrected chi connectivity index (χ4v) is 3.82. The number of anilines is 1. The van der Waals surface area contributed by atoms with Crippen LogP contribution in [0.25, 0.3) is 0 Å². The fourth-order valence-electron chi connectivity index (χ4n) is 2.57. The van der Waals surface area contributed by atoms with Gasteiger partial charge in [0.1, 0.15) is 0 Å². The second-order valence-corrected chi connectivity index (χ2v) is 9.79. The molecule has 156 valence electrons. The molecule has 8 heteroatoms. The number of rotatable bonds is 6. The van der Waals surface area contributed by atoms with Crippen molar-refractivity contribution in [3.05, 3.63) is 59.7 Å². The predicted molar refractivity (Wildman–Crippen MR) is 113 cm³/mol. The lowest BCUT2D eigenvalue weighted by molar-refractivity contribution is -0.121. The van der Waals surface area contributed by atoms with Crippen molar-refractivity contribution in [3.8, 4) is 0 Å². The first kappa shape index (κ1) is 22.4. The van der Waals surface area contributed by atoms with E-state index in [0.717, 1.165) is 5.56 Å². The highest BCUT2D eigenvalue weighted by Crippen LogP contribution is 2.23. The van der Waals surface area contributed by atoms with Gasteiger partial charge < -0.3 is 10.6 Å². The van der Waals surface area contributed by atoms with E-state index in [-0.39, 0.29) is 22.9 Å². The van der Waals surface area contributed by atoms with Crippen LogP contribution in [0.1, 0.15) is 36.7 Å². The fraction of sp³-hybridized carbons (Fsp3) is 0.333. The quantitative estimate of drug-likeness (QED) is 0.755. The molecule has 0 unspecified atom stereocenters. The number of hydrogen-bond acceptors (Lipinski definition) is 4. The smallest absolute Gasteiger partial charge is 0.264 e. The molecule has 0 aliphatic rings. The van der Waals surface area contributed by atoms with Crippen LogP contribution in [0.15, 0.2) is 53.4 Å². The molecule has 0 saturated carbocycles. The molecular formula is C21H27N3O4S. The van der Waals surface area contributed by atoms with Crippen molar-refractivity contribution >= 4 is 27.5 Å². The van der Waals surface area contributed by atoms with Gasteiger partial charge in [-0.3, -0.25) is 13.9 Å². The van der Waals surface area contributed by atoms with Gasteiger partial charge in [0.2, 0.25) is 5.91 Å². The molecule has 0 atom stereocenters. The Hall–Kier alpha value is -2.87. The highest BCUT2D eigenvalue weighted by atomic mass is 32.2. The van der Waals surface area contributed by atoms with E-state index in [2.05, 4.69) is 10.6 Å². The van der Waals surface area contributed by atoms with Gasteiger partial charge in [0.25, 0.3) is 15.9 Å². The van der Waals surface area contributed by atoms with Crippen LogP contribution in [-0.4, -0.2) is 39.4 Å². The van der Waals surface area contributed by atoms with Crippen molar-refractivity contribution in [1.82, 2.24) is 10.6 Å². The van der Waals surface area contributed by atoms with E-state index in [0.29, 0.717) is 5.69 Å². The van der Waals surface area contributed by atoms with E-state index in [9.17, 15) is 18.0 Å². The lowest BCUT2D eigenvalue weighted by atomic mass is 10.1. The number of nitrogens with one attached hydrogen (secondary N) is 2. The topological polar surface area (TPSA) is 95.6 Å².